The highest BCUT2D eigenvalue weighted by molar-refractivity contribution is 6.23. The summed E-state index contributed by atoms with van der Waals surface area (Å²) in [5.41, 5.74) is 0.881. The molecule has 266 valence electrons. The van der Waals surface area contributed by atoms with Crippen LogP contribution < -0.4 is 10.6 Å². The van der Waals surface area contributed by atoms with Gasteiger partial charge in [0.15, 0.2) is 13.2 Å². The maximum atomic E-state index is 13.4. The number of rotatable bonds is 14. The van der Waals surface area contributed by atoms with Gasteiger partial charge in [-0.25, -0.2) is 19.2 Å². The minimum atomic E-state index is -1.40. The zero-order valence-corrected chi connectivity index (χ0v) is 28.2. The molecule has 0 unspecified atom stereocenters. The highest BCUT2D eigenvalue weighted by Crippen LogP contribution is 2.29. The maximum Gasteiger partial charge on any atom is 0.338 e. The Morgan fingerprint density at radius 2 is 1.02 bits per heavy atom. The Balaban J connectivity index is 1.34. The van der Waals surface area contributed by atoms with Crippen LogP contribution in [0.3, 0.4) is 0 Å². The van der Waals surface area contributed by atoms with Gasteiger partial charge in [-0.15, -0.1) is 0 Å². The molecule has 1 aliphatic heterocycles. The Hall–Kier alpha value is -6.38. The van der Waals surface area contributed by atoms with E-state index in [4.69, 9.17) is 18.9 Å². The highest BCUT2D eigenvalue weighted by Gasteiger charge is 2.45. The van der Waals surface area contributed by atoms with Crippen molar-refractivity contribution in [1.82, 2.24) is 4.90 Å². The van der Waals surface area contributed by atoms with Crippen molar-refractivity contribution in [3.63, 3.8) is 0 Å². The van der Waals surface area contributed by atoms with E-state index in [-0.39, 0.29) is 35.5 Å². The number of carbonyl (C=O) groups excluding carboxylic acids is 8. The normalized spacial score (nSPS) is 12.5. The molecule has 1 atom stereocenters. The molecule has 1 heterocycles. The summed E-state index contributed by atoms with van der Waals surface area (Å²) in [6, 6.07) is 13.9. The lowest BCUT2D eigenvalue weighted by molar-refractivity contribution is -0.152. The Bertz CT molecular complexity index is 1850. The molecule has 0 saturated carbocycles. The molecule has 15 nitrogen and oxygen atoms in total. The Kier molecular flexibility index (Phi) is 12.4. The van der Waals surface area contributed by atoms with Gasteiger partial charge >= 0.3 is 23.9 Å². The van der Waals surface area contributed by atoms with Gasteiger partial charge in [-0.05, 0) is 86.5 Å². The first-order valence-corrected chi connectivity index (χ1v) is 15.8. The molecule has 0 bridgehead atoms. The summed E-state index contributed by atoms with van der Waals surface area (Å²) in [4.78, 5) is 102. The van der Waals surface area contributed by atoms with E-state index >= 15 is 0 Å². The third-order valence-corrected chi connectivity index (χ3v) is 7.34. The second-order valence-corrected chi connectivity index (χ2v) is 11.3. The number of esters is 4. The van der Waals surface area contributed by atoms with Crippen LogP contribution in [0.1, 0.15) is 79.5 Å². The molecule has 3 aromatic rings. The van der Waals surface area contributed by atoms with Crippen LogP contribution in [0, 0.1) is 5.92 Å². The summed E-state index contributed by atoms with van der Waals surface area (Å²) >= 11 is 0. The minimum absolute atomic E-state index is 0.0667. The largest absolute Gasteiger partial charge is 0.462 e. The van der Waals surface area contributed by atoms with Gasteiger partial charge in [0.2, 0.25) is 0 Å². The fraction of sp³-hybridized carbons (Fsp3) is 0.278. The number of hydrogen-bond acceptors (Lipinski definition) is 12. The van der Waals surface area contributed by atoms with E-state index in [1.165, 1.54) is 60.7 Å². The van der Waals surface area contributed by atoms with Gasteiger partial charge in [-0.3, -0.25) is 24.1 Å². The predicted octanol–water partition coefficient (Wildman–Crippen LogP) is 3.64. The molecule has 3 aromatic carbocycles. The Morgan fingerprint density at radius 3 is 1.49 bits per heavy atom. The molecular formula is C36H35N3O12. The number of nitrogens with one attached hydrogen (secondary N) is 2. The lowest BCUT2D eigenvalue weighted by Gasteiger charge is -2.27. The molecule has 0 saturated heterocycles. The topological polar surface area (TPSA) is 201 Å². The first-order valence-electron chi connectivity index (χ1n) is 15.8. The number of ether oxygens (including phenoxy) is 4. The summed E-state index contributed by atoms with van der Waals surface area (Å²) in [5.74, 6) is -6.67. The van der Waals surface area contributed by atoms with E-state index < -0.39 is 72.7 Å². The van der Waals surface area contributed by atoms with Gasteiger partial charge in [0, 0.05) is 11.4 Å². The summed E-state index contributed by atoms with van der Waals surface area (Å²) in [6.07, 6.45) is 0. The molecule has 15 heteroatoms. The van der Waals surface area contributed by atoms with Crippen LogP contribution in [-0.4, -0.2) is 84.9 Å². The average Bonchev–Trinajstić information content (AvgIpc) is 3.35. The fourth-order valence-corrected chi connectivity index (χ4v) is 4.95. The van der Waals surface area contributed by atoms with Gasteiger partial charge < -0.3 is 29.6 Å². The van der Waals surface area contributed by atoms with E-state index in [2.05, 4.69) is 10.6 Å². The SMILES string of the molecule is CCOC(=O)c1ccc(NC(=O)COC(=O)c2ccc3c(c2)C(=O)N([C@H](C(=O)OCC(=O)Nc2ccc(C(=O)OCC)cc2)C(C)C)C3=O)cc1. The summed E-state index contributed by atoms with van der Waals surface area (Å²) in [6.45, 7) is 5.54. The van der Waals surface area contributed by atoms with Crippen molar-refractivity contribution in [1.29, 1.82) is 0 Å². The number of amides is 4. The van der Waals surface area contributed by atoms with E-state index in [1.807, 2.05) is 0 Å². The third kappa shape index (κ3) is 9.20. The van der Waals surface area contributed by atoms with Crippen LogP contribution in [0.5, 0.6) is 0 Å². The smallest absolute Gasteiger partial charge is 0.338 e. The van der Waals surface area contributed by atoms with Crippen LogP contribution in [0.2, 0.25) is 0 Å². The van der Waals surface area contributed by atoms with Crippen LogP contribution in [0.25, 0.3) is 0 Å². The Labute approximate surface area is 292 Å². The molecule has 1 aliphatic rings. The molecule has 4 rings (SSSR count). The third-order valence-electron chi connectivity index (χ3n) is 7.34. The van der Waals surface area contributed by atoms with E-state index in [1.54, 1.807) is 27.7 Å². The second kappa shape index (κ2) is 16.8. The van der Waals surface area contributed by atoms with E-state index in [0.29, 0.717) is 16.9 Å². The van der Waals surface area contributed by atoms with Crippen molar-refractivity contribution >= 4 is 58.9 Å². The summed E-state index contributed by atoms with van der Waals surface area (Å²) in [5, 5.41) is 5.04. The molecule has 4 amide bonds. The Morgan fingerprint density at radius 1 is 0.588 bits per heavy atom. The highest BCUT2D eigenvalue weighted by atomic mass is 16.5. The molecule has 2 N–H and O–H groups in total. The summed E-state index contributed by atoms with van der Waals surface area (Å²) < 4.78 is 20.1. The van der Waals surface area contributed by atoms with Crippen molar-refractivity contribution in [2.75, 3.05) is 37.1 Å². The number of carbonyl (C=O) groups is 8. The van der Waals surface area contributed by atoms with E-state index in [9.17, 15) is 38.4 Å². The fourth-order valence-electron chi connectivity index (χ4n) is 4.95. The standard InChI is InChI=1S/C36H35N3O12/c1-5-48-33(44)21-7-12-24(13-8-21)37-28(40)18-50-35(46)23-11-16-26-27(17-23)32(43)39(31(26)42)30(20(3)4)36(47)51-19-29(41)38-25-14-9-22(10-15-25)34(45)49-6-2/h7-17,20,30H,5-6,18-19H2,1-4H3,(H,37,40)(H,38,41)/t30-/m0/s1. The van der Waals surface area contributed by atoms with E-state index in [0.717, 1.165) is 11.0 Å². The molecule has 0 radical (unpaired) electrons. The number of nitrogens with zero attached hydrogens (tertiary/aromatic N) is 1. The van der Waals surface area contributed by atoms with Crippen molar-refractivity contribution in [2.45, 2.75) is 33.7 Å². The first kappa shape index (κ1) is 37.4. The van der Waals surface area contributed by atoms with Crippen LogP contribution in [-0.2, 0) is 33.3 Å². The molecule has 0 aromatic heterocycles. The van der Waals surface area contributed by atoms with Gasteiger partial charge in [0.25, 0.3) is 23.6 Å². The van der Waals surface area contributed by atoms with Crippen LogP contribution in [0.4, 0.5) is 11.4 Å². The van der Waals surface area contributed by atoms with Gasteiger partial charge in [0.1, 0.15) is 6.04 Å². The van der Waals surface area contributed by atoms with Crippen molar-refractivity contribution in [3.8, 4) is 0 Å². The molecule has 51 heavy (non-hydrogen) atoms. The van der Waals surface area contributed by atoms with Crippen molar-refractivity contribution in [2.24, 2.45) is 5.92 Å². The van der Waals surface area contributed by atoms with Crippen LogP contribution >= 0.6 is 0 Å². The number of anilines is 2. The molecular weight excluding hydrogens is 666 g/mol. The lowest BCUT2D eigenvalue weighted by Crippen LogP contribution is -2.49. The van der Waals surface area contributed by atoms with Crippen molar-refractivity contribution in [3.05, 3.63) is 94.5 Å². The zero-order chi connectivity index (χ0) is 37.2. The minimum Gasteiger partial charge on any atom is -0.462 e. The summed E-state index contributed by atoms with van der Waals surface area (Å²) in [7, 11) is 0. The average molecular weight is 702 g/mol. The quantitative estimate of drug-likeness (QED) is 0.141. The van der Waals surface area contributed by atoms with Crippen molar-refractivity contribution < 1.29 is 57.3 Å². The molecule has 0 spiro atoms. The number of imide groups is 1. The number of benzene rings is 3. The second-order valence-electron chi connectivity index (χ2n) is 11.3. The maximum absolute atomic E-state index is 13.4. The molecule has 0 aliphatic carbocycles. The monoisotopic (exact) mass is 701 g/mol. The lowest BCUT2D eigenvalue weighted by atomic mass is 10.0. The first-order chi connectivity index (χ1) is 24.3. The number of fused-ring (bicyclic) bond motifs is 1. The number of hydrogen-bond donors (Lipinski definition) is 2. The van der Waals surface area contributed by atoms with Gasteiger partial charge in [-0.1, -0.05) is 13.8 Å². The van der Waals surface area contributed by atoms with Gasteiger partial charge in [0.05, 0.1) is 41.0 Å². The zero-order valence-electron chi connectivity index (χ0n) is 28.2. The van der Waals surface area contributed by atoms with Gasteiger partial charge in [-0.2, -0.15) is 0 Å². The predicted molar refractivity (Wildman–Crippen MR) is 179 cm³/mol. The molecule has 0 fully saturated rings. The van der Waals surface area contributed by atoms with Crippen LogP contribution in [0.15, 0.2) is 66.7 Å².